The lowest BCUT2D eigenvalue weighted by Crippen LogP contribution is -2.43. The first-order chi connectivity index (χ1) is 8.11. The molecule has 1 rings (SSSR count). The van der Waals surface area contributed by atoms with Crippen molar-refractivity contribution in [2.24, 2.45) is 11.8 Å². The van der Waals surface area contributed by atoms with Crippen LogP contribution in [0.1, 0.15) is 32.6 Å². The summed E-state index contributed by atoms with van der Waals surface area (Å²) in [5, 5.41) is 18.0. The molecule has 0 radical (unpaired) electrons. The molecular weight excluding hydrogens is 222 g/mol. The molecule has 2 unspecified atom stereocenters. The average Bonchev–Trinajstić information content (AvgIpc) is 2.35. The van der Waals surface area contributed by atoms with Crippen molar-refractivity contribution in [3.05, 3.63) is 0 Å². The summed E-state index contributed by atoms with van der Waals surface area (Å²) in [4.78, 5) is 24.9. The van der Waals surface area contributed by atoms with Gasteiger partial charge < -0.3 is 15.1 Å². The van der Waals surface area contributed by atoms with Gasteiger partial charge in [-0.2, -0.15) is 0 Å². The number of carboxylic acids is 1. The Kier molecular flexibility index (Phi) is 5.41. The maximum Gasteiger partial charge on any atom is 0.307 e. The van der Waals surface area contributed by atoms with Crippen molar-refractivity contribution in [1.29, 1.82) is 0 Å². The van der Waals surface area contributed by atoms with Crippen molar-refractivity contribution in [3.8, 4) is 0 Å². The lowest BCUT2D eigenvalue weighted by Gasteiger charge is -2.32. The van der Waals surface area contributed by atoms with Gasteiger partial charge in [0.1, 0.15) is 0 Å². The van der Waals surface area contributed by atoms with Gasteiger partial charge in [-0.15, -0.1) is 0 Å². The van der Waals surface area contributed by atoms with Gasteiger partial charge in [0.05, 0.1) is 18.4 Å². The maximum absolute atomic E-state index is 12.2. The molecule has 2 N–H and O–H groups in total. The quantitative estimate of drug-likeness (QED) is 0.745. The minimum absolute atomic E-state index is 0.0793. The number of hydrogen-bond donors (Lipinski definition) is 2. The smallest absolute Gasteiger partial charge is 0.307 e. The van der Waals surface area contributed by atoms with Crippen LogP contribution < -0.4 is 0 Å². The van der Waals surface area contributed by atoms with Gasteiger partial charge in [-0.1, -0.05) is 12.8 Å². The number of likely N-dealkylation sites (N-methyl/N-ethyl adjacent to an activating group) is 1. The molecule has 0 aromatic heterocycles. The molecular formula is C12H21NO4. The van der Waals surface area contributed by atoms with Gasteiger partial charge in [0.2, 0.25) is 5.91 Å². The predicted molar refractivity (Wildman–Crippen MR) is 62.4 cm³/mol. The zero-order valence-electron chi connectivity index (χ0n) is 10.3. The van der Waals surface area contributed by atoms with Crippen LogP contribution in [0, 0.1) is 11.8 Å². The highest BCUT2D eigenvalue weighted by Gasteiger charge is 2.37. The van der Waals surface area contributed by atoms with Crippen molar-refractivity contribution < 1.29 is 19.8 Å². The Morgan fingerprint density at radius 2 is 1.82 bits per heavy atom. The molecule has 98 valence electrons. The Morgan fingerprint density at radius 3 is 2.29 bits per heavy atom. The molecule has 0 aromatic rings. The third kappa shape index (κ3) is 3.43. The van der Waals surface area contributed by atoms with E-state index in [4.69, 9.17) is 10.2 Å². The second-order valence-corrected chi connectivity index (χ2v) is 4.48. The SMILES string of the molecule is CCN(CCO)C(=O)C1CCCCC1C(=O)O. The summed E-state index contributed by atoms with van der Waals surface area (Å²) in [5.41, 5.74) is 0. The number of aliphatic hydroxyl groups excluding tert-OH is 1. The van der Waals surface area contributed by atoms with Gasteiger partial charge in [0.25, 0.3) is 0 Å². The molecule has 0 heterocycles. The molecule has 1 saturated carbocycles. The highest BCUT2D eigenvalue weighted by molar-refractivity contribution is 5.85. The number of aliphatic hydroxyl groups is 1. The fourth-order valence-corrected chi connectivity index (χ4v) is 2.50. The number of amides is 1. The zero-order chi connectivity index (χ0) is 12.8. The second-order valence-electron chi connectivity index (χ2n) is 4.48. The van der Waals surface area contributed by atoms with Gasteiger partial charge in [-0.05, 0) is 19.8 Å². The van der Waals surface area contributed by atoms with Crippen LogP contribution in [-0.4, -0.2) is 46.7 Å². The van der Waals surface area contributed by atoms with E-state index in [1.165, 1.54) is 0 Å². The van der Waals surface area contributed by atoms with Crippen molar-refractivity contribution >= 4 is 11.9 Å². The summed E-state index contributed by atoms with van der Waals surface area (Å²) < 4.78 is 0. The van der Waals surface area contributed by atoms with Gasteiger partial charge >= 0.3 is 5.97 Å². The maximum atomic E-state index is 12.2. The van der Waals surface area contributed by atoms with Crippen molar-refractivity contribution in [1.82, 2.24) is 4.90 Å². The highest BCUT2D eigenvalue weighted by Crippen LogP contribution is 2.31. The Labute approximate surface area is 101 Å². The Morgan fingerprint density at radius 1 is 1.24 bits per heavy atom. The number of hydrogen-bond acceptors (Lipinski definition) is 3. The van der Waals surface area contributed by atoms with Crippen LogP contribution in [0.15, 0.2) is 0 Å². The first kappa shape index (κ1) is 14.0. The van der Waals surface area contributed by atoms with E-state index in [0.717, 1.165) is 12.8 Å². The van der Waals surface area contributed by atoms with E-state index >= 15 is 0 Å². The van der Waals surface area contributed by atoms with Gasteiger partial charge in [0.15, 0.2) is 0 Å². The lowest BCUT2D eigenvalue weighted by molar-refractivity contribution is -0.152. The molecule has 1 fully saturated rings. The van der Waals surface area contributed by atoms with Crippen LogP contribution in [0.3, 0.4) is 0 Å². The first-order valence-electron chi connectivity index (χ1n) is 6.24. The summed E-state index contributed by atoms with van der Waals surface area (Å²) in [6.07, 6.45) is 3.03. The third-order valence-corrected chi connectivity index (χ3v) is 3.46. The van der Waals surface area contributed by atoms with Crippen molar-refractivity contribution in [3.63, 3.8) is 0 Å². The van der Waals surface area contributed by atoms with Crippen molar-refractivity contribution in [2.75, 3.05) is 19.7 Å². The number of carbonyl (C=O) groups excluding carboxylic acids is 1. The Balaban J connectivity index is 2.73. The second kappa shape index (κ2) is 6.59. The molecule has 0 saturated heterocycles. The summed E-state index contributed by atoms with van der Waals surface area (Å²) in [6.45, 7) is 2.57. The topological polar surface area (TPSA) is 77.8 Å². The highest BCUT2D eigenvalue weighted by atomic mass is 16.4. The zero-order valence-corrected chi connectivity index (χ0v) is 10.3. The minimum Gasteiger partial charge on any atom is -0.481 e. The van der Waals surface area contributed by atoms with E-state index in [-0.39, 0.29) is 19.1 Å². The molecule has 1 aliphatic carbocycles. The molecule has 0 aliphatic heterocycles. The van der Waals surface area contributed by atoms with Crippen LogP contribution in [0.4, 0.5) is 0 Å². The summed E-state index contributed by atoms with van der Waals surface area (Å²) >= 11 is 0. The third-order valence-electron chi connectivity index (χ3n) is 3.46. The van der Waals surface area contributed by atoms with Crippen LogP contribution in [0.5, 0.6) is 0 Å². The molecule has 0 bridgehead atoms. The molecule has 17 heavy (non-hydrogen) atoms. The lowest BCUT2D eigenvalue weighted by atomic mass is 9.78. The largest absolute Gasteiger partial charge is 0.481 e. The van der Waals surface area contributed by atoms with Gasteiger partial charge in [0, 0.05) is 13.1 Å². The average molecular weight is 243 g/mol. The van der Waals surface area contributed by atoms with E-state index in [0.29, 0.717) is 19.4 Å². The minimum atomic E-state index is -0.872. The summed E-state index contributed by atoms with van der Waals surface area (Å²) in [7, 11) is 0. The predicted octanol–water partition coefficient (Wildman–Crippen LogP) is 0.718. The molecule has 5 heteroatoms. The standard InChI is InChI=1S/C12H21NO4/c1-2-13(7-8-14)11(15)9-5-3-4-6-10(9)12(16)17/h9-10,14H,2-8H2,1H3,(H,16,17). The van der Waals surface area contributed by atoms with E-state index in [2.05, 4.69) is 0 Å². The van der Waals surface area contributed by atoms with E-state index in [9.17, 15) is 9.59 Å². The Bertz CT molecular complexity index is 280. The molecule has 2 atom stereocenters. The fourth-order valence-electron chi connectivity index (χ4n) is 2.50. The first-order valence-corrected chi connectivity index (χ1v) is 6.24. The van der Waals surface area contributed by atoms with Crippen LogP contribution in [-0.2, 0) is 9.59 Å². The van der Waals surface area contributed by atoms with Crippen LogP contribution in [0.2, 0.25) is 0 Å². The summed E-state index contributed by atoms with van der Waals surface area (Å²) in [5.74, 6) is -1.95. The molecule has 1 amide bonds. The molecule has 0 spiro atoms. The Hall–Kier alpha value is -1.10. The van der Waals surface area contributed by atoms with Crippen LogP contribution >= 0.6 is 0 Å². The number of rotatable bonds is 5. The molecule has 0 aromatic carbocycles. The number of carboxylic acid groups (broad SMARTS) is 1. The van der Waals surface area contributed by atoms with Crippen molar-refractivity contribution in [2.45, 2.75) is 32.6 Å². The van der Waals surface area contributed by atoms with E-state index in [1.54, 1.807) is 4.90 Å². The fraction of sp³-hybridized carbons (Fsp3) is 0.833. The normalized spacial score (nSPS) is 24.4. The van der Waals surface area contributed by atoms with Crippen LogP contribution in [0.25, 0.3) is 0 Å². The van der Waals surface area contributed by atoms with Gasteiger partial charge in [-0.25, -0.2) is 0 Å². The van der Waals surface area contributed by atoms with E-state index < -0.39 is 17.8 Å². The number of aliphatic carboxylic acids is 1. The number of carbonyl (C=O) groups is 2. The monoisotopic (exact) mass is 243 g/mol. The molecule has 5 nitrogen and oxygen atoms in total. The van der Waals surface area contributed by atoms with Gasteiger partial charge in [-0.3, -0.25) is 9.59 Å². The van der Waals surface area contributed by atoms with E-state index in [1.807, 2.05) is 6.92 Å². The molecule has 1 aliphatic rings. The summed E-state index contributed by atoms with van der Waals surface area (Å²) in [6, 6.07) is 0. The number of nitrogens with zero attached hydrogens (tertiary/aromatic N) is 1.